The van der Waals surface area contributed by atoms with Crippen molar-refractivity contribution < 1.29 is 0 Å². The number of hydrogen-bond donors (Lipinski definition) is 0. The first-order valence-electron chi connectivity index (χ1n) is 7.26. The van der Waals surface area contributed by atoms with Crippen molar-refractivity contribution in [2.75, 3.05) is 18.0 Å². The molecule has 0 amide bonds. The Hall–Kier alpha value is -2.17. The van der Waals surface area contributed by atoms with Gasteiger partial charge in [0.15, 0.2) is 5.82 Å². The molecule has 4 rings (SSSR count). The lowest BCUT2D eigenvalue weighted by atomic mass is 10.3. The highest BCUT2D eigenvalue weighted by Crippen LogP contribution is 2.26. The molecule has 1 fully saturated rings. The SMILES string of the molecule is CCc1nnc2c(N3CCCC3)nc3ccccc3n12. The maximum Gasteiger partial charge on any atom is 0.204 e. The van der Waals surface area contributed by atoms with Gasteiger partial charge in [0.1, 0.15) is 5.82 Å². The van der Waals surface area contributed by atoms with Crippen molar-refractivity contribution in [3.8, 4) is 0 Å². The molecule has 1 saturated heterocycles. The Morgan fingerprint density at radius 2 is 1.90 bits per heavy atom. The Morgan fingerprint density at radius 3 is 2.70 bits per heavy atom. The first-order chi connectivity index (χ1) is 9.88. The topological polar surface area (TPSA) is 46.3 Å². The fourth-order valence-corrected chi connectivity index (χ4v) is 3.00. The molecule has 1 aliphatic heterocycles. The monoisotopic (exact) mass is 267 g/mol. The molecule has 0 radical (unpaired) electrons. The average Bonchev–Trinajstić information content (AvgIpc) is 3.16. The second-order valence-electron chi connectivity index (χ2n) is 5.25. The maximum absolute atomic E-state index is 4.84. The molecule has 1 aliphatic rings. The van der Waals surface area contributed by atoms with E-state index in [9.17, 15) is 0 Å². The number of para-hydroxylation sites is 2. The Kier molecular flexibility index (Phi) is 2.58. The van der Waals surface area contributed by atoms with E-state index in [4.69, 9.17) is 4.98 Å². The van der Waals surface area contributed by atoms with Gasteiger partial charge >= 0.3 is 0 Å². The minimum atomic E-state index is 0.870. The molecule has 3 heterocycles. The minimum absolute atomic E-state index is 0.870. The Labute approximate surface area is 117 Å². The summed E-state index contributed by atoms with van der Waals surface area (Å²) in [4.78, 5) is 7.16. The van der Waals surface area contributed by atoms with E-state index in [0.29, 0.717) is 0 Å². The molecule has 5 nitrogen and oxygen atoms in total. The van der Waals surface area contributed by atoms with Crippen LogP contribution in [0.15, 0.2) is 24.3 Å². The summed E-state index contributed by atoms with van der Waals surface area (Å²) in [5.41, 5.74) is 2.99. The predicted molar refractivity (Wildman–Crippen MR) is 79.1 cm³/mol. The standard InChI is InChI=1S/C15H17N5/c1-2-13-17-18-15-14(19-9-5-6-10-19)16-11-7-3-4-8-12(11)20(13)15/h3-4,7-8H,2,5-6,9-10H2,1H3. The zero-order valence-electron chi connectivity index (χ0n) is 11.6. The van der Waals surface area contributed by atoms with Crippen LogP contribution < -0.4 is 4.90 Å². The van der Waals surface area contributed by atoms with Crippen LogP contribution in [0.1, 0.15) is 25.6 Å². The van der Waals surface area contributed by atoms with Crippen molar-refractivity contribution in [2.24, 2.45) is 0 Å². The first-order valence-corrected chi connectivity index (χ1v) is 7.26. The number of nitrogens with zero attached hydrogens (tertiary/aromatic N) is 5. The normalized spacial score (nSPS) is 15.6. The maximum atomic E-state index is 4.84. The molecule has 0 spiro atoms. The lowest BCUT2D eigenvalue weighted by Crippen LogP contribution is -2.20. The third-order valence-electron chi connectivity index (χ3n) is 4.00. The largest absolute Gasteiger partial charge is 0.353 e. The third-order valence-corrected chi connectivity index (χ3v) is 4.00. The summed E-state index contributed by atoms with van der Waals surface area (Å²) in [6.07, 6.45) is 3.33. The molecule has 0 aliphatic carbocycles. The van der Waals surface area contributed by atoms with Gasteiger partial charge in [0, 0.05) is 19.5 Å². The first kappa shape index (κ1) is 11.6. The van der Waals surface area contributed by atoms with E-state index in [1.165, 1.54) is 12.8 Å². The van der Waals surface area contributed by atoms with Crippen molar-refractivity contribution in [3.63, 3.8) is 0 Å². The number of benzene rings is 1. The van der Waals surface area contributed by atoms with Gasteiger partial charge in [0.2, 0.25) is 5.65 Å². The second-order valence-corrected chi connectivity index (χ2v) is 5.25. The summed E-state index contributed by atoms with van der Waals surface area (Å²) in [7, 11) is 0. The van der Waals surface area contributed by atoms with Gasteiger partial charge in [-0.1, -0.05) is 19.1 Å². The molecule has 20 heavy (non-hydrogen) atoms. The van der Waals surface area contributed by atoms with Gasteiger partial charge in [0.25, 0.3) is 0 Å². The van der Waals surface area contributed by atoms with E-state index < -0.39 is 0 Å². The highest BCUT2D eigenvalue weighted by molar-refractivity contribution is 5.83. The van der Waals surface area contributed by atoms with Crippen LogP contribution in [0.25, 0.3) is 16.7 Å². The number of fused-ring (bicyclic) bond motifs is 3. The Bertz CT molecular complexity index is 770. The smallest absolute Gasteiger partial charge is 0.204 e. The zero-order valence-corrected chi connectivity index (χ0v) is 11.6. The van der Waals surface area contributed by atoms with Crippen molar-refractivity contribution >= 4 is 22.5 Å². The van der Waals surface area contributed by atoms with Crippen LogP contribution in [-0.2, 0) is 6.42 Å². The van der Waals surface area contributed by atoms with Crippen molar-refractivity contribution in [3.05, 3.63) is 30.1 Å². The number of aromatic nitrogens is 4. The lowest BCUT2D eigenvalue weighted by molar-refractivity contribution is 0.917. The summed E-state index contributed by atoms with van der Waals surface area (Å²) in [5, 5.41) is 8.74. The summed E-state index contributed by atoms with van der Waals surface area (Å²) in [5.74, 6) is 1.98. The van der Waals surface area contributed by atoms with E-state index >= 15 is 0 Å². The van der Waals surface area contributed by atoms with Crippen molar-refractivity contribution in [1.82, 2.24) is 19.6 Å². The summed E-state index contributed by atoms with van der Waals surface area (Å²) >= 11 is 0. The summed E-state index contributed by atoms with van der Waals surface area (Å²) in [6, 6.07) is 8.22. The van der Waals surface area contributed by atoms with Gasteiger partial charge < -0.3 is 4.90 Å². The molecule has 3 aromatic rings. The molecule has 2 aromatic heterocycles. The van der Waals surface area contributed by atoms with Crippen LogP contribution in [-0.4, -0.2) is 32.7 Å². The number of hydrogen-bond acceptors (Lipinski definition) is 4. The van der Waals surface area contributed by atoms with Crippen LogP contribution in [0.2, 0.25) is 0 Å². The van der Waals surface area contributed by atoms with Gasteiger partial charge in [-0.2, -0.15) is 0 Å². The Balaban J connectivity index is 2.09. The molecule has 0 saturated carbocycles. The van der Waals surface area contributed by atoms with E-state index in [-0.39, 0.29) is 0 Å². The highest BCUT2D eigenvalue weighted by atomic mass is 15.3. The Morgan fingerprint density at radius 1 is 1.10 bits per heavy atom. The molecule has 0 unspecified atom stereocenters. The van der Waals surface area contributed by atoms with Gasteiger partial charge in [-0.3, -0.25) is 4.40 Å². The van der Waals surface area contributed by atoms with Crippen LogP contribution in [0.3, 0.4) is 0 Å². The van der Waals surface area contributed by atoms with E-state index in [0.717, 1.165) is 47.8 Å². The van der Waals surface area contributed by atoms with Gasteiger partial charge in [-0.25, -0.2) is 4.98 Å². The van der Waals surface area contributed by atoms with E-state index in [2.05, 4.69) is 38.6 Å². The van der Waals surface area contributed by atoms with Gasteiger partial charge in [0.05, 0.1) is 11.0 Å². The lowest BCUT2D eigenvalue weighted by Gasteiger charge is -2.17. The quantitative estimate of drug-likeness (QED) is 0.715. The molecule has 0 N–H and O–H groups in total. The van der Waals surface area contributed by atoms with Crippen LogP contribution in [0.4, 0.5) is 5.82 Å². The fraction of sp³-hybridized carbons (Fsp3) is 0.400. The van der Waals surface area contributed by atoms with Gasteiger partial charge in [-0.15, -0.1) is 10.2 Å². The summed E-state index contributed by atoms with van der Waals surface area (Å²) in [6.45, 7) is 4.24. The van der Waals surface area contributed by atoms with Gasteiger partial charge in [-0.05, 0) is 25.0 Å². The third kappa shape index (κ3) is 1.59. The molecule has 1 aromatic carbocycles. The van der Waals surface area contributed by atoms with E-state index in [1.807, 2.05) is 12.1 Å². The van der Waals surface area contributed by atoms with Crippen LogP contribution in [0.5, 0.6) is 0 Å². The highest BCUT2D eigenvalue weighted by Gasteiger charge is 2.21. The predicted octanol–water partition coefficient (Wildman–Crippen LogP) is 2.44. The zero-order chi connectivity index (χ0) is 13.5. The molecule has 5 heteroatoms. The second kappa shape index (κ2) is 4.44. The minimum Gasteiger partial charge on any atom is -0.353 e. The van der Waals surface area contributed by atoms with Crippen molar-refractivity contribution in [2.45, 2.75) is 26.2 Å². The molecule has 102 valence electrons. The molecule has 0 bridgehead atoms. The van der Waals surface area contributed by atoms with E-state index in [1.54, 1.807) is 0 Å². The molecule has 0 atom stereocenters. The number of rotatable bonds is 2. The van der Waals surface area contributed by atoms with Crippen molar-refractivity contribution in [1.29, 1.82) is 0 Å². The summed E-state index contributed by atoms with van der Waals surface area (Å²) < 4.78 is 2.16. The van der Waals surface area contributed by atoms with Crippen LogP contribution in [0, 0.1) is 0 Å². The fourth-order valence-electron chi connectivity index (χ4n) is 3.00. The average molecular weight is 267 g/mol. The number of anilines is 1. The number of aryl methyl sites for hydroxylation is 1. The van der Waals surface area contributed by atoms with Crippen LogP contribution >= 0.6 is 0 Å². The molecular formula is C15H17N5. The molecular weight excluding hydrogens is 250 g/mol.